The lowest BCUT2D eigenvalue weighted by Gasteiger charge is -2.19. The lowest BCUT2D eigenvalue weighted by molar-refractivity contribution is -0.138. The van der Waals surface area contributed by atoms with E-state index >= 15 is 0 Å². The molecule has 0 bridgehead atoms. The number of carbonyl (C=O) groups is 12. The maximum Gasteiger partial charge on any atom is 0.343 e. The van der Waals surface area contributed by atoms with Gasteiger partial charge in [0, 0.05) is 36.5 Å². The zero-order valence-corrected chi connectivity index (χ0v) is 76.5. The highest BCUT2D eigenvalue weighted by molar-refractivity contribution is 6.27. The number of unbranched alkanes of at least 4 members (excludes halogenated alkanes) is 12. The van der Waals surface area contributed by atoms with Crippen LogP contribution in [0.4, 0.5) is 0 Å². The van der Waals surface area contributed by atoms with Crippen LogP contribution in [0, 0.1) is 0 Å². The van der Waals surface area contributed by atoms with Gasteiger partial charge in [-0.15, -0.1) is 0 Å². The summed E-state index contributed by atoms with van der Waals surface area (Å²) in [7, 11) is 0. The molecule has 10 aromatic rings. The van der Waals surface area contributed by atoms with E-state index in [0.29, 0.717) is 150 Å². The van der Waals surface area contributed by atoms with Crippen LogP contribution in [0.2, 0.25) is 0 Å². The van der Waals surface area contributed by atoms with Crippen LogP contribution >= 0.6 is 0 Å². The number of ether oxygens (including phenoxy) is 18. The SMILES string of the molecule is C=CC(=O)OCCCCCOc1ccc(C(=O)Oc2cc3c4cc(OC(=O)c5ccc(OCCCCCOC(=O)C=C)cc5)c(OC(=O)c5ccc(OCCCCCOC(=O)C=C)cc5)cc4c4cc(OC(=O)c5ccc(OCCCCCOC(=O)C=C)cc5)c(OC(=O)c5ccc(OCCCCCOC(=O)C=C)cc5)cc4c3cc2OC(=O)c2ccc(OCCCCCOC(=O)C=C)cc2)cc1. The Morgan fingerprint density at radius 3 is 0.420 bits per heavy atom. The van der Waals surface area contributed by atoms with E-state index in [4.69, 9.17) is 85.3 Å². The topological polar surface area (TPSA) is 371 Å². The van der Waals surface area contributed by atoms with Crippen molar-refractivity contribution >= 4 is 104 Å². The molecule has 0 saturated carbocycles. The fourth-order valence-corrected chi connectivity index (χ4v) is 13.4. The van der Waals surface area contributed by atoms with Gasteiger partial charge in [0.05, 0.1) is 113 Å². The zero-order valence-electron chi connectivity index (χ0n) is 76.5. The predicted octanol–water partition coefficient (Wildman–Crippen LogP) is 20.1. The number of hydrogen-bond donors (Lipinski definition) is 0. The lowest BCUT2D eigenvalue weighted by atomic mass is 9.93. The Morgan fingerprint density at radius 2 is 0.297 bits per heavy atom. The summed E-state index contributed by atoms with van der Waals surface area (Å²) in [6.45, 7) is 23.4. The highest BCUT2D eigenvalue weighted by Crippen LogP contribution is 2.48. The maximum atomic E-state index is 15.0. The van der Waals surface area contributed by atoms with Gasteiger partial charge in [-0.25, -0.2) is 57.5 Å². The van der Waals surface area contributed by atoms with Crippen LogP contribution in [-0.2, 0) is 57.2 Å². The molecule has 0 aliphatic carbocycles. The minimum Gasteiger partial charge on any atom is -0.494 e. The summed E-state index contributed by atoms with van der Waals surface area (Å²) < 4.78 is 105. The third-order valence-electron chi connectivity index (χ3n) is 20.7. The lowest BCUT2D eigenvalue weighted by Crippen LogP contribution is -2.14. The van der Waals surface area contributed by atoms with E-state index in [9.17, 15) is 57.5 Å². The molecular formula is C108H108O30. The molecule has 0 fully saturated rings. The molecule has 0 aliphatic rings. The third kappa shape index (κ3) is 33.8. The smallest absolute Gasteiger partial charge is 0.343 e. The zero-order chi connectivity index (χ0) is 98.2. The molecule has 138 heavy (non-hydrogen) atoms. The molecule has 0 radical (unpaired) electrons. The fourth-order valence-electron chi connectivity index (χ4n) is 13.4. The second kappa shape index (κ2) is 56.1. The summed E-state index contributed by atoms with van der Waals surface area (Å²) in [6, 6.07) is 44.7. The van der Waals surface area contributed by atoms with Gasteiger partial charge >= 0.3 is 71.6 Å². The van der Waals surface area contributed by atoms with Gasteiger partial charge in [0.25, 0.3) is 0 Å². The molecule has 0 aromatic heterocycles. The van der Waals surface area contributed by atoms with Gasteiger partial charge in [-0.3, -0.25) is 0 Å². The minimum atomic E-state index is -0.957. The molecule has 10 rings (SSSR count). The molecule has 0 saturated heterocycles. The van der Waals surface area contributed by atoms with Crippen molar-refractivity contribution in [3.05, 3.63) is 291 Å². The van der Waals surface area contributed by atoms with E-state index in [1.165, 1.54) is 109 Å². The Bertz CT molecular complexity index is 4960. The number of carbonyl (C=O) groups excluding carboxylic acids is 12. The Kier molecular flexibility index (Phi) is 42.3. The Hall–Kier alpha value is -16.1. The average molecular weight is 1890 g/mol. The van der Waals surface area contributed by atoms with Crippen LogP contribution in [0.5, 0.6) is 69.0 Å². The van der Waals surface area contributed by atoms with Crippen LogP contribution < -0.4 is 56.8 Å². The quantitative estimate of drug-likeness (QED) is 0.00853. The summed E-state index contributed by atoms with van der Waals surface area (Å²) in [5.41, 5.74) is 0.0319. The Balaban J connectivity index is 1.11. The fraction of sp³-hybridized carbons (Fsp3) is 0.278. The van der Waals surface area contributed by atoms with Gasteiger partial charge in [0.15, 0.2) is 34.5 Å². The van der Waals surface area contributed by atoms with Gasteiger partial charge in [0.2, 0.25) is 0 Å². The highest BCUT2D eigenvalue weighted by atomic mass is 16.6. The molecule has 0 aliphatic heterocycles. The maximum absolute atomic E-state index is 15.0. The van der Waals surface area contributed by atoms with E-state index in [-0.39, 0.29) is 179 Å². The van der Waals surface area contributed by atoms with Crippen LogP contribution in [0.1, 0.15) is 178 Å². The molecular weight excluding hydrogens is 1780 g/mol. The van der Waals surface area contributed by atoms with Crippen molar-refractivity contribution in [3.63, 3.8) is 0 Å². The van der Waals surface area contributed by atoms with Crippen molar-refractivity contribution in [2.45, 2.75) is 116 Å². The number of fused-ring (bicyclic) bond motifs is 6. The minimum absolute atomic E-state index is 0.00532. The van der Waals surface area contributed by atoms with Crippen molar-refractivity contribution in [3.8, 4) is 69.0 Å². The van der Waals surface area contributed by atoms with Crippen LogP contribution in [0.3, 0.4) is 0 Å². The van der Waals surface area contributed by atoms with Crippen LogP contribution in [0.25, 0.3) is 32.3 Å². The number of rotatable bonds is 60. The molecule has 0 amide bonds. The molecule has 0 atom stereocenters. The van der Waals surface area contributed by atoms with Crippen molar-refractivity contribution in [2.75, 3.05) is 79.3 Å². The Labute approximate surface area is 797 Å². The van der Waals surface area contributed by atoms with E-state index in [1.807, 2.05) is 0 Å². The number of hydrogen-bond acceptors (Lipinski definition) is 30. The van der Waals surface area contributed by atoms with Crippen molar-refractivity contribution in [1.29, 1.82) is 0 Å². The largest absolute Gasteiger partial charge is 0.494 e. The monoisotopic (exact) mass is 1880 g/mol. The molecule has 30 nitrogen and oxygen atoms in total. The summed E-state index contributed by atoms with van der Waals surface area (Å²) >= 11 is 0. The van der Waals surface area contributed by atoms with E-state index in [0.717, 1.165) is 36.5 Å². The van der Waals surface area contributed by atoms with Crippen LogP contribution in [0.15, 0.2) is 258 Å². The predicted molar refractivity (Wildman–Crippen MR) is 510 cm³/mol. The molecule has 30 heteroatoms. The molecule has 0 heterocycles. The molecule has 0 unspecified atom stereocenters. The summed E-state index contributed by atoms with van der Waals surface area (Å²) in [5.74, 6) is -8.65. The second-order valence-corrected chi connectivity index (χ2v) is 30.7. The first kappa shape index (κ1) is 104. The first-order valence-corrected chi connectivity index (χ1v) is 45.1. The van der Waals surface area contributed by atoms with Crippen molar-refractivity contribution in [2.24, 2.45) is 0 Å². The van der Waals surface area contributed by atoms with E-state index in [2.05, 4.69) is 39.5 Å². The Morgan fingerprint density at radius 1 is 0.174 bits per heavy atom. The van der Waals surface area contributed by atoms with E-state index in [1.54, 1.807) is 72.8 Å². The van der Waals surface area contributed by atoms with Gasteiger partial charge in [-0.05, 0) is 330 Å². The van der Waals surface area contributed by atoms with Crippen molar-refractivity contribution in [1.82, 2.24) is 0 Å². The average Bonchev–Trinajstić information content (AvgIpc) is 0.720. The molecule has 10 aromatic carbocycles. The summed E-state index contributed by atoms with van der Waals surface area (Å²) in [6.07, 6.45) is 17.6. The summed E-state index contributed by atoms with van der Waals surface area (Å²) in [4.78, 5) is 159. The van der Waals surface area contributed by atoms with E-state index < -0.39 is 71.6 Å². The van der Waals surface area contributed by atoms with Crippen LogP contribution in [-0.4, -0.2) is 151 Å². The van der Waals surface area contributed by atoms with Gasteiger partial charge in [0.1, 0.15) is 34.5 Å². The first-order chi connectivity index (χ1) is 67.1. The van der Waals surface area contributed by atoms with Crippen molar-refractivity contribution < 1.29 is 143 Å². The summed E-state index contributed by atoms with van der Waals surface area (Å²) in [5, 5.41) is 0.879. The second-order valence-electron chi connectivity index (χ2n) is 30.7. The number of esters is 12. The number of benzene rings is 10. The first-order valence-electron chi connectivity index (χ1n) is 45.1. The standard InChI is InChI=1S/C108H108O30/c1-7-97(109)127-61-25-13-19-55-121-79-43-31-73(32-44-79)103(115)133-91-67-85-86(68-92(91)134-104(116)74-33-45-80(46-34-74)122-56-20-14-26-62-128-98(110)8-2)88-70-94(136-106(118)76-37-49-82(50-38-76)124-58-22-16-28-64-130-100(112)10-4)96(138-108(120)78-41-53-84(54-42-78)126-60-24-18-30-66-132-102(114)12-6)72-90(88)89-71-95(137-107(119)77-39-51-83(52-40-77)125-59-23-17-29-65-131-101(113)11-5)93(69-87(85)89)135-105(117)75-35-47-81(48-36-75)123-57-21-15-27-63-129-99(111)9-3/h7-12,31-54,67-72H,1-6,13-30,55-66H2. The van der Waals surface area contributed by atoms with Gasteiger partial charge in [-0.2, -0.15) is 0 Å². The molecule has 0 N–H and O–H groups in total. The molecule has 0 spiro atoms. The normalized spacial score (nSPS) is 10.7. The molecule has 720 valence electrons. The highest BCUT2D eigenvalue weighted by Gasteiger charge is 2.28. The van der Waals surface area contributed by atoms with Gasteiger partial charge < -0.3 is 85.3 Å². The van der Waals surface area contributed by atoms with Gasteiger partial charge in [-0.1, -0.05) is 39.5 Å². The third-order valence-corrected chi connectivity index (χ3v) is 20.7.